The first-order chi connectivity index (χ1) is 15.0. The van der Waals surface area contributed by atoms with E-state index in [1.807, 2.05) is 62.4 Å². The first-order valence-corrected chi connectivity index (χ1v) is 10.6. The van der Waals surface area contributed by atoms with Crippen molar-refractivity contribution in [2.24, 2.45) is 5.92 Å². The molecule has 1 N–H and O–H groups in total. The van der Waals surface area contributed by atoms with E-state index in [1.165, 1.54) is 0 Å². The molecule has 0 saturated carbocycles. The Labute approximate surface area is 181 Å². The van der Waals surface area contributed by atoms with Gasteiger partial charge in [-0.2, -0.15) is 0 Å². The van der Waals surface area contributed by atoms with E-state index in [2.05, 4.69) is 4.98 Å². The van der Waals surface area contributed by atoms with Crippen LogP contribution in [0.25, 0.3) is 10.9 Å². The van der Waals surface area contributed by atoms with Gasteiger partial charge in [-0.3, -0.25) is 14.4 Å². The Morgan fingerprint density at radius 3 is 2.42 bits per heavy atom. The summed E-state index contributed by atoms with van der Waals surface area (Å²) in [7, 11) is 0. The van der Waals surface area contributed by atoms with Gasteiger partial charge in [-0.15, -0.1) is 0 Å². The minimum Gasteiger partial charge on any atom is -0.457 e. The van der Waals surface area contributed by atoms with Gasteiger partial charge in [0.15, 0.2) is 6.61 Å². The Kier molecular flexibility index (Phi) is 5.89. The normalized spacial score (nSPS) is 14.6. The van der Waals surface area contributed by atoms with Crippen LogP contribution in [0.2, 0.25) is 0 Å². The second-order valence-electron chi connectivity index (χ2n) is 8.08. The van der Waals surface area contributed by atoms with Crippen molar-refractivity contribution < 1.29 is 19.1 Å². The van der Waals surface area contributed by atoms with Gasteiger partial charge in [0.1, 0.15) is 0 Å². The van der Waals surface area contributed by atoms with Gasteiger partial charge in [0.05, 0.1) is 5.92 Å². The number of likely N-dealkylation sites (tertiary alicyclic amines) is 1. The topological polar surface area (TPSA) is 79.5 Å². The third-order valence-corrected chi connectivity index (χ3v) is 6.01. The fourth-order valence-electron chi connectivity index (χ4n) is 4.26. The molecular weight excluding hydrogens is 392 g/mol. The maximum atomic E-state index is 12.7. The van der Waals surface area contributed by atoms with Gasteiger partial charge in [-0.05, 0) is 44.4 Å². The minimum absolute atomic E-state index is 0.00472. The molecule has 1 aliphatic rings. The maximum Gasteiger partial charge on any atom is 0.309 e. The molecule has 0 aliphatic carbocycles. The molecule has 2 aromatic carbocycles. The molecule has 1 fully saturated rings. The van der Waals surface area contributed by atoms with E-state index in [9.17, 15) is 14.4 Å². The molecule has 0 bridgehead atoms. The predicted molar refractivity (Wildman–Crippen MR) is 118 cm³/mol. The number of carbonyl (C=O) groups excluding carboxylic acids is 3. The molecule has 2 heterocycles. The Hall–Kier alpha value is -3.41. The lowest BCUT2D eigenvalue weighted by Crippen LogP contribution is -2.41. The zero-order valence-corrected chi connectivity index (χ0v) is 17.8. The van der Waals surface area contributed by atoms with E-state index < -0.39 is 0 Å². The van der Waals surface area contributed by atoms with E-state index >= 15 is 0 Å². The molecule has 160 valence electrons. The van der Waals surface area contributed by atoms with Crippen LogP contribution < -0.4 is 0 Å². The number of piperidine rings is 1. The van der Waals surface area contributed by atoms with Gasteiger partial charge in [0, 0.05) is 40.8 Å². The fraction of sp³-hybridized carbons (Fsp3) is 0.320. The smallest absolute Gasteiger partial charge is 0.309 e. The zero-order valence-electron chi connectivity index (χ0n) is 17.8. The van der Waals surface area contributed by atoms with E-state index in [-0.39, 0.29) is 30.2 Å². The number of benzene rings is 2. The standard InChI is InChI=1S/C25H26N2O4/c1-16-7-3-4-8-19(16)24(29)27-13-11-18(12-14-27)25(30)31-15-22(28)23-17(2)26-21-10-6-5-9-20(21)23/h3-10,18,26H,11-15H2,1-2H3. The van der Waals surface area contributed by atoms with E-state index in [1.54, 1.807) is 4.90 Å². The Balaban J connectivity index is 1.32. The monoisotopic (exact) mass is 418 g/mol. The third-order valence-electron chi connectivity index (χ3n) is 6.01. The molecule has 0 radical (unpaired) electrons. The summed E-state index contributed by atoms with van der Waals surface area (Å²) < 4.78 is 5.36. The van der Waals surface area contributed by atoms with Crippen LogP contribution in [-0.2, 0) is 9.53 Å². The molecule has 1 amide bonds. The number of ether oxygens (including phenoxy) is 1. The molecule has 3 aromatic rings. The summed E-state index contributed by atoms with van der Waals surface area (Å²) in [6.07, 6.45) is 1.08. The van der Waals surface area contributed by atoms with Gasteiger partial charge in [0.25, 0.3) is 5.91 Å². The molecule has 1 saturated heterocycles. The summed E-state index contributed by atoms with van der Waals surface area (Å²) in [5, 5.41) is 0.837. The molecule has 1 aliphatic heterocycles. The second-order valence-corrected chi connectivity index (χ2v) is 8.08. The number of hydrogen-bond donors (Lipinski definition) is 1. The first kappa shape index (κ1) is 20.8. The lowest BCUT2D eigenvalue weighted by atomic mass is 9.96. The molecule has 0 atom stereocenters. The van der Waals surface area contributed by atoms with Crippen molar-refractivity contribution in [2.75, 3.05) is 19.7 Å². The van der Waals surface area contributed by atoms with Crippen LogP contribution in [0.5, 0.6) is 0 Å². The Bertz CT molecular complexity index is 1140. The Morgan fingerprint density at radius 1 is 1.00 bits per heavy atom. The molecule has 6 heteroatoms. The van der Waals surface area contributed by atoms with E-state index in [0.29, 0.717) is 37.1 Å². The number of H-pyrrole nitrogens is 1. The van der Waals surface area contributed by atoms with Crippen LogP contribution in [0.1, 0.15) is 44.8 Å². The highest BCUT2D eigenvalue weighted by atomic mass is 16.5. The van der Waals surface area contributed by atoms with Crippen LogP contribution in [0.15, 0.2) is 48.5 Å². The zero-order chi connectivity index (χ0) is 22.0. The van der Waals surface area contributed by atoms with E-state index in [4.69, 9.17) is 4.74 Å². The third kappa shape index (κ3) is 4.24. The quantitative estimate of drug-likeness (QED) is 0.501. The van der Waals surface area contributed by atoms with Gasteiger partial charge < -0.3 is 14.6 Å². The SMILES string of the molecule is Cc1ccccc1C(=O)N1CCC(C(=O)OCC(=O)c2c(C)[nH]c3ccccc23)CC1. The molecule has 31 heavy (non-hydrogen) atoms. The number of ketones is 1. The average Bonchev–Trinajstić information content (AvgIpc) is 3.13. The number of Topliss-reactive ketones (excluding diaryl/α,β-unsaturated/α-hetero) is 1. The molecular formula is C25H26N2O4. The minimum atomic E-state index is -0.367. The number of nitrogens with zero attached hydrogens (tertiary/aromatic N) is 1. The number of aromatic amines is 1. The molecule has 4 rings (SSSR count). The van der Waals surface area contributed by atoms with Crippen LogP contribution in [0, 0.1) is 19.8 Å². The van der Waals surface area contributed by atoms with Crippen molar-refractivity contribution in [2.45, 2.75) is 26.7 Å². The van der Waals surface area contributed by atoms with Crippen molar-refractivity contribution in [3.05, 3.63) is 70.9 Å². The number of nitrogens with one attached hydrogen (secondary N) is 1. The van der Waals surface area contributed by atoms with Gasteiger partial charge in [-0.25, -0.2) is 0 Å². The van der Waals surface area contributed by atoms with Gasteiger partial charge in [-0.1, -0.05) is 36.4 Å². The summed E-state index contributed by atoms with van der Waals surface area (Å²) >= 11 is 0. The summed E-state index contributed by atoms with van der Waals surface area (Å²) in [5.41, 5.74) is 3.87. The molecule has 1 aromatic heterocycles. The van der Waals surface area contributed by atoms with Crippen molar-refractivity contribution in [3.63, 3.8) is 0 Å². The largest absolute Gasteiger partial charge is 0.457 e. The fourth-order valence-corrected chi connectivity index (χ4v) is 4.26. The number of fused-ring (bicyclic) bond motifs is 1. The highest BCUT2D eigenvalue weighted by Crippen LogP contribution is 2.24. The van der Waals surface area contributed by atoms with Crippen LogP contribution in [0.4, 0.5) is 0 Å². The van der Waals surface area contributed by atoms with Crippen molar-refractivity contribution in [1.29, 1.82) is 0 Å². The Morgan fingerprint density at radius 2 is 1.68 bits per heavy atom. The molecule has 0 unspecified atom stereocenters. The number of aromatic nitrogens is 1. The summed E-state index contributed by atoms with van der Waals surface area (Å²) in [5.74, 6) is -0.878. The molecule has 0 spiro atoms. The van der Waals surface area contributed by atoms with Gasteiger partial charge >= 0.3 is 5.97 Å². The first-order valence-electron chi connectivity index (χ1n) is 10.6. The number of carbonyl (C=O) groups is 3. The lowest BCUT2D eigenvalue weighted by molar-refractivity contribution is -0.148. The molecule has 6 nitrogen and oxygen atoms in total. The van der Waals surface area contributed by atoms with Crippen molar-refractivity contribution in [3.8, 4) is 0 Å². The number of hydrogen-bond acceptors (Lipinski definition) is 4. The summed E-state index contributed by atoms with van der Waals surface area (Å²) in [6.45, 7) is 4.49. The van der Waals surface area contributed by atoms with Crippen molar-refractivity contribution in [1.82, 2.24) is 9.88 Å². The average molecular weight is 418 g/mol. The van der Waals surface area contributed by atoms with E-state index in [0.717, 1.165) is 22.2 Å². The number of rotatable bonds is 5. The highest BCUT2D eigenvalue weighted by molar-refractivity contribution is 6.10. The number of aryl methyl sites for hydroxylation is 2. The second kappa shape index (κ2) is 8.76. The summed E-state index contributed by atoms with van der Waals surface area (Å²) in [4.78, 5) is 43.0. The van der Waals surface area contributed by atoms with Crippen LogP contribution >= 0.6 is 0 Å². The number of amides is 1. The number of para-hydroxylation sites is 1. The maximum absolute atomic E-state index is 12.7. The van der Waals surface area contributed by atoms with Crippen LogP contribution in [0.3, 0.4) is 0 Å². The summed E-state index contributed by atoms with van der Waals surface area (Å²) in [6, 6.07) is 15.1. The highest BCUT2D eigenvalue weighted by Gasteiger charge is 2.30. The predicted octanol–water partition coefficient (Wildman–Crippen LogP) is 4.06. The van der Waals surface area contributed by atoms with Gasteiger partial charge in [0.2, 0.25) is 5.78 Å². The van der Waals surface area contributed by atoms with Crippen molar-refractivity contribution >= 4 is 28.6 Å². The van der Waals surface area contributed by atoms with Crippen LogP contribution in [-0.4, -0.2) is 47.2 Å². The lowest BCUT2D eigenvalue weighted by Gasteiger charge is -2.31. The number of esters is 1.